The van der Waals surface area contributed by atoms with Crippen LogP contribution in [0.1, 0.15) is 24.5 Å². The van der Waals surface area contributed by atoms with Crippen molar-refractivity contribution >= 4 is 45.3 Å². The largest absolute Gasteiger partial charge is 0.460 e. The Morgan fingerprint density at radius 1 is 1.50 bits per heavy atom. The van der Waals surface area contributed by atoms with Gasteiger partial charge >= 0.3 is 5.97 Å². The lowest BCUT2D eigenvalue weighted by Crippen LogP contribution is -2.39. The van der Waals surface area contributed by atoms with E-state index in [1.54, 1.807) is 6.92 Å². The predicted molar refractivity (Wildman–Crippen MR) is 98.6 cm³/mol. The minimum absolute atomic E-state index is 0.0240. The van der Waals surface area contributed by atoms with Gasteiger partial charge in [-0.25, -0.2) is 4.79 Å². The summed E-state index contributed by atoms with van der Waals surface area (Å²) in [6, 6.07) is 1.34. The first-order chi connectivity index (χ1) is 12.4. The number of Topliss-reactive ketones (excluding diaryl/α,β-unsaturated/α-hetero) is 1. The monoisotopic (exact) mass is 421 g/mol. The molecule has 2 heterocycles. The number of hydrogen-bond acceptors (Lipinski definition) is 7. The van der Waals surface area contributed by atoms with Crippen molar-refractivity contribution in [2.45, 2.75) is 25.3 Å². The van der Waals surface area contributed by atoms with E-state index in [2.05, 4.69) is 26.2 Å². The van der Waals surface area contributed by atoms with Crippen LogP contribution in [0.5, 0.6) is 0 Å². The highest BCUT2D eigenvalue weighted by atomic mass is 79.9. The molecule has 0 aliphatic carbocycles. The summed E-state index contributed by atoms with van der Waals surface area (Å²) in [7, 11) is 0. The van der Waals surface area contributed by atoms with Crippen molar-refractivity contribution in [3.63, 3.8) is 0 Å². The van der Waals surface area contributed by atoms with Gasteiger partial charge in [0.2, 0.25) is 0 Å². The molecule has 1 N–H and O–H groups in total. The number of allylic oxidation sites excluding steroid dienone is 1. The molecule has 1 atom stereocenters. The maximum absolute atomic E-state index is 12.9. The second-order valence-electron chi connectivity index (χ2n) is 5.85. The molecule has 136 valence electrons. The molecule has 0 spiro atoms. The van der Waals surface area contributed by atoms with Gasteiger partial charge < -0.3 is 10.1 Å². The second kappa shape index (κ2) is 6.99. The normalized spacial score (nSPS) is 20.4. The van der Waals surface area contributed by atoms with Gasteiger partial charge in [-0.15, -0.1) is 0 Å². The summed E-state index contributed by atoms with van der Waals surface area (Å²) < 4.78 is 5.37. The van der Waals surface area contributed by atoms with Crippen LogP contribution in [-0.2, 0) is 26.3 Å². The van der Waals surface area contributed by atoms with Crippen molar-refractivity contribution < 1.29 is 19.2 Å². The van der Waals surface area contributed by atoms with E-state index in [0.29, 0.717) is 28.7 Å². The lowest BCUT2D eigenvalue weighted by molar-refractivity contribution is -0.386. The average Bonchev–Trinajstić information content (AvgIpc) is 3.11. The van der Waals surface area contributed by atoms with Crippen LogP contribution < -0.4 is 5.32 Å². The van der Waals surface area contributed by atoms with Crippen molar-refractivity contribution in [3.05, 3.63) is 43.9 Å². The van der Waals surface area contributed by atoms with Crippen LogP contribution in [0.4, 0.5) is 11.4 Å². The fourth-order valence-corrected chi connectivity index (χ4v) is 3.91. The average molecular weight is 422 g/mol. The molecule has 0 saturated carbocycles. The van der Waals surface area contributed by atoms with E-state index in [0.717, 1.165) is 6.42 Å². The molecule has 26 heavy (non-hydrogen) atoms. The first-order valence-corrected chi connectivity index (χ1v) is 8.90. The zero-order valence-electron chi connectivity index (χ0n) is 14.0. The van der Waals surface area contributed by atoms with E-state index in [-0.39, 0.29) is 17.9 Å². The van der Waals surface area contributed by atoms with E-state index < -0.39 is 22.2 Å². The summed E-state index contributed by atoms with van der Waals surface area (Å²) in [5.41, 5.74) is -0.628. The molecule has 8 nitrogen and oxygen atoms in total. The maximum Gasteiger partial charge on any atom is 0.378 e. The number of aliphatic imine (C=N–C) groups is 1. The topological polar surface area (TPSA) is 111 Å². The number of benzene rings is 1. The Labute approximate surface area is 157 Å². The number of carbonyl (C=O) groups excluding carboxylic acids is 2. The zero-order valence-corrected chi connectivity index (χ0v) is 15.5. The van der Waals surface area contributed by atoms with E-state index in [1.165, 1.54) is 24.4 Å². The number of anilines is 1. The molecule has 0 radical (unpaired) electrons. The van der Waals surface area contributed by atoms with Crippen molar-refractivity contribution in [3.8, 4) is 0 Å². The van der Waals surface area contributed by atoms with Gasteiger partial charge in [-0.05, 0) is 53.4 Å². The Bertz CT molecular complexity index is 850. The number of nitrogens with one attached hydrogen (secondary N) is 1. The number of nitro groups is 1. The smallest absolute Gasteiger partial charge is 0.378 e. The highest BCUT2D eigenvalue weighted by Crippen LogP contribution is 2.46. The lowest BCUT2D eigenvalue weighted by Gasteiger charge is -2.29. The summed E-state index contributed by atoms with van der Waals surface area (Å²) >= 11 is 3.35. The number of carbonyl (C=O) groups is 2. The molecule has 0 fully saturated rings. The van der Waals surface area contributed by atoms with Gasteiger partial charge in [0.25, 0.3) is 11.5 Å². The molecule has 2 aliphatic heterocycles. The zero-order chi connectivity index (χ0) is 18.9. The number of ketones is 1. The molecule has 0 bridgehead atoms. The summed E-state index contributed by atoms with van der Waals surface area (Å²) in [4.78, 5) is 40.4. The van der Waals surface area contributed by atoms with Crippen LogP contribution in [0, 0.1) is 10.1 Å². The highest BCUT2D eigenvalue weighted by Gasteiger charge is 2.49. The van der Waals surface area contributed by atoms with Crippen molar-refractivity contribution in [1.82, 2.24) is 0 Å². The van der Waals surface area contributed by atoms with Crippen molar-refractivity contribution in [2.24, 2.45) is 4.99 Å². The summed E-state index contributed by atoms with van der Waals surface area (Å²) in [5.74, 6) is -2.01. The van der Waals surface area contributed by atoms with E-state index >= 15 is 0 Å². The molecule has 1 unspecified atom stereocenters. The molecule has 0 amide bonds. The standard InChI is InChI=1S/C17H16BrN3O5/c1-2-26-16(23)15(22)17(6-4-8-20-17)13-10-5-3-7-19-14(10)11(18)9-12(13)21(24)25/h4,6,8-9,19H,2-3,5,7H2,1H3. The van der Waals surface area contributed by atoms with Gasteiger partial charge in [0, 0.05) is 23.3 Å². The quantitative estimate of drug-likeness (QED) is 0.338. The van der Waals surface area contributed by atoms with Crippen molar-refractivity contribution in [1.29, 1.82) is 0 Å². The first kappa shape index (κ1) is 18.2. The van der Waals surface area contributed by atoms with Gasteiger partial charge in [-0.2, -0.15) is 0 Å². The van der Waals surface area contributed by atoms with Gasteiger partial charge in [0.15, 0.2) is 5.54 Å². The fraction of sp³-hybridized carbons (Fsp3) is 0.353. The van der Waals surface area contributed by atoms with E-state index in [9.17, 15) is 19.7 Å². The molecule has 1 aromatic rings. The predicted octanol–water partition coefficient (Wildman–Crippen LogP) is 2.68. The molecule has 3 rings (SSSR count). The number of rotatable bonds is 5. The molecule has 9 heteroatoms. The summed E-state index contributed by atoms with van der Waals surface area (Å²) in [5, 5.41) is 14.9. The number of nitrogens with zero attached hydrogens (tertiary/aromatic N) is 2. The summed E-state index contributed by atoms with van der Waals surface area (Å²) in [6.07, 6.45) is 5.55. The Balaban J connectivity index is 2.30. The Morgan fingerprint density at radius 3 is 2.88 bits per heavy atom. The summed E-state index contributed by atoms with van der Waals surface area (Å²) in [6.45, 7) is 2.32. The fourth-order valence-electron chi connectivity index (χ4n) is 3.31. The minimum Gasteiger partial charge on any atom is -0.460 e. The van der Waals surface area contributed by atoms with Crippen LogP contribution in [0.15, 0.2) is 27.7 Å². The number of nitro benzene ring substituents is 1. The van der Waals surface area contributed by atoms with Crippen LogP contribution in [0.25, 0.3) is 0 Å². The molecular weight excluding hydrogens is 406 g/mol. The van der Waals surface area contributed by atoms with Gasteiger partial charge in [-0.1, -0.05) is 0 Å². The van der Waals surface area contributed by atoms with Gasteiger partial charge in [-0.3, -0.25) is 19.9 Å². The van der Waals surface area contributed by atoms with Gasteiger partial charge in [0.1, 0.15) is 0 Å². The second-order valence-corrected chi connectivity index (χ2v) is 6.70. The number of fused-ring (bicyclic) bond motifs is 1. The van der Waals surface area contributed by atoms with E-state index in [1.807, 2.05) is 0 Å². The third-order valence-electron chi connectivity index (χ3n) is 4.35. The van der Waals surface area contributed by atoms with Crippen LogP contribution in [-0.4, -0.2) is 36.0 Å². The Kier molecular flexibility index (Phi) is 4.90. The molecule has 1 aromatic carbocycles. The third-order valence-corrected chi connectivity index (χ3v) is 4.98. The molecule has 0 saturated heterocycles. The Hall–Kier alpha value is -2.55. The first-order valence-electron chi connectivity index (χ1n) is 8.11. The number of hydrogen-bond donors (Lipinski definition) is 1. The lowest BCUT2D eigenvalue weighted by atomic mass is 9.80. The van der Waals surface area contributed by atoms with Crippen molar-refractivity contribution in [2.75, 3.05) is 18.5 Å². The Morgan fingerprint density at radius 2 is 2.27 bits per heavy atom. The highest BCUT2D eigenvalue weighted by molar-refractivity contribution is 9.10. The van der Waals surface area contributed by atoms with Crippen LogP contribution in [0.3, 0.4) is 0 Å². The minimum atomic E-state index is -1.78. The SMILES string of the molecule is CCOC(=O)C(=O)C1(c2c([N+](=O)[O-])cc(Br)c3c2CCCN3)C=CC=N1. The van der Waals surface area contributed by atoms with E-state index in [4.69, 9.17) is 4.74 Å². The molecule has 0 aromatic heterocycles. The number of ether oxygens (including phenoxy) is 1. The maximum atomic E-state index is 12.9. The molecule has 2 aliphatic rings. The number of esters is 1. The third kappa shape index (κ3) is 2.82. The van der Waals surface area contributed by atoms with Crippen LogP contribution >= 0.6 is 15.9 Å². The van der Waals surface area contributed by atoms with Crippen LogP contribution in [0.2, 0.25) is 0 Å². The molecular formula is C17H16BrN3O5. The van der Waals surface area contributed by atoms with Gasteiger partial charge in [0.05, 0.1) is 22.8 Å². The number of halogens is 1.